The maximum atomic E-state index is 13.4. The van der Waals surface area contributed by atoms with Gasteiger partial charge in [-0.25, -0.2) is 0 Å². The summed E-state index contributed by atoms with van der Waals surface area (Å²) in [4.78, 5) is 35.9. The van der Waals surface area contributed by atoms with Crippen molar-refractivity contribution in [2.45, 2.75) is 79.8 Å². The van der Waals surface area contributed by atoms with E-state index in [9.17, 15) is 19.0 Å². The highest BCUT2D eigenvalue weighted by Gasteiger charge is 2.69. The van der Waals surface area contributed by atoms with Gasteiger partial charge in [0.1, 0.15) is 12.1 Å². The molecule has 1 N–H and O–H groups in total. The van der Waals surface area contributed by atoms with Crippen molar-refractivity contribution in [3.05, 3.63) is 23.8 Å². The monoisotopic (exact) mass is 492 g/mol. The van der Waals surface area contributed by atoms with Crippen molar-refractivity contribution in [2.75, 3.05) is 13.0 Å². The van der Waals surface area contributed by atoms with Crippen LogP contribution in [-0.4, -0.2) is 35.5 Å². The molecule has 3 saturated carbocycles. The van der Waals surface area contributed by atoms with E-state index in [0.717, 1.165) is 24.8 Å². The van der Waals surface area contributed by atoms with Gasteiger partial charge in [0.05, 0.1) is 12.7 Å². The zero-order chi connectivity index (χ0) is 25.1. The van der Waals surface area contributed by atoms with Crippen LogP contribution >= 0.6 is 7.60 Å². The normalized spacial score (nSPS) is 45.1. The second-order valence-electron chi connectivity index (χ2n) is 11.6. The lowest BCUT2D eigenvalue weighted by Crippen LogP contribution is -2.59. The summed E-state index contributed by atoms with van der Waals surface area (Å²) in [6.45, 7) is 12.6. The number of rotatable bonds is 7. The molecule has 190 valence electrons. The molecule has 0 spiro atoms. The van der Waals surface area contributed by atoms with Crippen LogP contribution in [-0.2, 0) is 23.4 Å². The number of fused-ring (bicyclic) bond motifs is 5. The van der Waals surface area contributed by atoms with Crippen molar-refractivity contribution in [1.82, 2.24) is 0 Å². The van der Waals surface area contributed by atoms with Crippen LogP contribution in [0, 0.1) is 39.9 Å². The molecule has 1 unspecified atom stereocenters. The van der Waals surface area contributed by atoms with Crippen molar-refractivity contribution >= 4 is 19.2 Å². The third kappa shape index (κ3) is 3.75. The molecular weight excluding hydrogens is 451 g/mol. The van der Waals surface area contributed by atoms with Crippen LogP contribution in [0.25, 0.3) is 0 Å². The van der Waals surface area contributed by atoms with Gasteiger partial charge in [0.15, 0.2) is 5.78 Å². The maximum absolute atomic E-state index is 13.4. The van der Waals surface area contributed by atoms with Crippen LogP contribution in [0.15, 0.2) is 23.8 Å². The molecule has 4 aliphatic rings. The van der Waals surface area contributed by atoms with Gasteiger partial charge >= 0.3 is 7.60 Å². The number of Topliss-reactive ketones (excluding diaryl/α,β-unsaturated/α-hetero) is 1. The number of hydrogen-bond donors (Lipinski definition) is 1. The molecule has 7 heteroatoms. The van der Waals surface area contributed by atoms with Gasteiger partial charge in [-0.1, -0.05) is 46.3 Å². The second-order valence-corrected chi connectivity index (χ2v) is 13.4. The van der Waals surface area contributed by atoms with E-state index in [4.69, 9.17) is 9.26 Å². The predicted octanol–water partition coefficient (Wildman–Crippen LogP) is 5.70. The van der Waals surface area contributed by atoms with Gasteiger partial charge in [0, 0.05) is 23.2 Å². The lowest BCUT2D eigenvalue weighted by Gasteiger charge is -2.61. The van der Waals surface area contributed by atoms with Crippen molar-refractivity contribution in [1.29, 1.82) is 0 Å². The minimum atomic E-state index is -3.87. The quantitative estimate of drug-likeness (QED) is 0.459. The fourth-order valence-corrected chi connectivity index (χ4v) is 9.25. The summed E-state index contributed by atoms with van der Waals surface area (Å²) < 4.78 is 24.0. The van der Waals surface area contributed by atoms with Crippen LogP contribution in [0.5, 0.6) is 0 Å². The smallest absolute Gasteiger partial charge is 0.353 e. The lowest BCUT2D eigenvalue weighted by molar-refractivity contribution is -0.163. The first-order valence-electron chi connectivity index (χ1n) is 12.9. The number of ketones is 2. The van der Waals surface area contributed by atoms with Gasteiger partial charge in [-0.05, 0) is 67.9 Å². The average Bonchev–Trinajstić information content (AvgIpc) is 2.98. The summed E-state index contributed by atoms with van der Waals surface area (Å²) in [6.07, 6.45) is 8.77. The maximum Gasteiger partial charge on any atom is 0.353 e. The Hall–Kier alpha value is -1.07. The number of allylic oxidation sites excluding steroid dienone is 4. The summed E-state index contributed by atoms with van der Waals surface area (Å²) >= 11 is 0. The van der Waals surface area contributed by atoms with E-state index in [1.54, 1.807) is 19.1 Å². The van der Waals surface area contributed by atoms with E-state index in [0.29, 0.717) is 30.5 Å². The van der Waals surface area contributed by atoms with Gasteiger partial charge in [-0.15, -0.1) is 0 Å². The Kier molecular flexibility index (Phi) is 6.73. The van der Waals surface area contributed by atoms with Crippen LogP contribution in [0.1, 0.15) is 73.6 Å². The fraction of sp³-hybridized carbons (Fsp3) is 0.778. The average molecular weight is 493 g/mol. The van der Waals surface area contributed by atoms with Crippen LogP contribution in [0.3, 0.4) is 0 Å². The second kappa shape index (κ2) is 8.80. The molecule has 0 saturated heterocycles. The lowest BCUT2D eigenvalue weighted by atomic mass is 9.44. The molecule has 0 radical (unpaired) electrons. The molecular formula is C27H41O6P. The van der Waals surface area contributed by atoms with E-state index in [2.05, 4.69) is 27.7 Å². The standard InChI is InChI=1S/C27H41O6P/c1-7-23(29)27(6)17(3)13-21-20-10-9-18-14-19(28)11-12-25(18,4)24(20)22(15-26(21,27)5)32-16-34(30,31)33-8-2/h11-12,14,17,20-22,24H,7-10,13,15-16H2,1-6H3,(H,30,31)/t17-,20+,21+,22+,24-,25+,26+,27-/m1/s1. The van der Waals surface area contributed by atoms with E-state index in [1.807, 2.05) is 13.0 Å². The first-order valence-corrected chi connectivity index (χ1v) is 14.7. The van der Waals surface area contributed by atoms with Gasteiger partial charge < -0.3 is 14.2 Å². The number of hydrogen-bond acceptors (Lipinski definition) is 5. The van der Waals surface area contributed by atoms with E-state index in [1.165, 1.54) is 0 Å². The highest BCUT2D eigenvalue weighted by molar-refractivity contribution is 7.52. The van der Waals surface area contributed by atoms with Crippen LogP contribution < -0.4 is 0 Å². The summed E-state index contributed by atoms with van der Waals surface area (Å²) in [5.74, 6) is 1.33. The summed E-state index contributed by atoms with van der Waals surface area (Å²) in [5, 5.41) is 0. The minimum Gasteiger partial charge on any atom is -0.365 e. The van der Waals surface area contributed by atoms with Crippen LogP contribution in [0.2, 0.25) is 0 Å². The summed E-state index contributed by atoms with van der Waals surface area (Å²) in [6, 6.07) is 0. The molecule has 9 atom stereocenters. The van der Waals surface area contributed by atoms with Crippen LogP contribution in [0.4, 0.5) is 0 Å². The topological polar surface area (TPSA) is 89.9 Å². The third-order valence-corrected chi connectivity index (χ3v) is 11.5. The molecule has 6 nitrogen and oxygen atoms in total. The molecule has 0 aliphatic heterocycles. The first kappa shape index (κ1) is 26.0. The Balaban J connectivity index is 1.78. The van der Waals surface area contributed by atoms with E-state index < -0.39 is 13.0 Å². The third-order valence-electron chi connectivity index (χ3n) is 10.3. The first-order chi connectivity index (χ1) is 15.8. The Morgan fingerprint density at radius 3 is 2.62 bits per heavy atom. The summed E-state index contributed by atoms with van der Waals surface area (Å²) in [7, 11) is -3.87. The van der Waals surface area contributed by atoms with E-state index >= 15 is 0 Å². The Morgan fingerprint density at radius 1 is 1.26 bits per heavy atom. The largest absolute Gasteiger partial charge is 0.365 e. The predicted molar refractivity (Wildman–Crippen MR) is 131 cm³/mol. The highest BCUT2D eigenvalue weighted by Crippen LogP contribution is 2.71. The van der Waals surface area contributed by atoms with Gasteiger partial charge in [-0.2, -0.15) is 0 Å². The molecule has 0 aromatic carbocycles. The zero-order valence-electron chi connectivity index (χ0n) is 21.5. The minimum absolute atomic E-state index is 0.0239. The molecule has 0 aromatic heterocycles. The van der Waals surface area contributed by atoms with Gasteiger partial charge in [0.25, 0.3) is 0 Å². The molecule has 3 fully saturated rings. The summed E-state index contributed by atoms with van der Waals surface area (Å²) in [5.41, 5.74) is 0.0680. The van der Waals surface area contributed by atoms with Crippen molar-refractivity contribution < 1.29 is 28.3 Å². The zero-order valence-corrected chi connectivity index (χ0v) is 22.4. The van der Waals surface area contributed by atoms with Gasteiger partial charge in [-0.3, -0.25) is 14.2 Å². The number of carbonyl (C=O) groups excluding carboxylic acids is 2. The van der Waals surface area contributed by atoms with Crippen molar-refractivity contribution in [3.63, 3.8) is 0 Å². The Bertz CT molecular complexity index is 970. The Labute approximate surface area is 204 Å². The molecule has 4 aliphatic carbocycles. The fourth-order valence-electron chi connectivity index (χ4n) is 8.40. The molecule has 0 heterocycles. The molecule has 0 amide bonds. The van der Waals surface area contributed by atoms with Crippen molar-refractivity contribution in [2.24, 2.45) is 39.9 Å². The number of ether oxygens (including phenoxy) is 1. The molecule has 34 heavy (non-hydrogen) atoms. The molecule has 4 rings (SSSR count). The van der Waals surface area contributed by atoms with Gasteiger partial charge in [0.2, 0.25) is 0 Å². The SMILES string of the molecule is CCOP(=O)(O)CO[C@H]1C[C@@]2(C)[C@@H](C[C@@H](C)[C@]2(C)C(=O)CC)[C@@H]2CCC3=CC(=O)C=C[C@]3(C)[C@H]21. The Morgan fingerprint density at radius 2 is 1.97 bits per heavy atom. The highest BCUT2D eigenvalue weighted by atomic mass is 31.2. The van der Waals surface area contributed by atoms with Crippen molar-refractivity contribution in [3.8, 4) is 0 Å². The molecule has 0 bridgehead atoms. The number of carbonyl (C=O) groups is 2. The molecule has 0 aromatic rings. The van der Waals surface area contributed by atoms with E-state index in [-0.39, 0.29) is 47.5 Å².